The van der Waals surface area contributed by atoms with Crippen LogP contribution in [-0.4, -0.2) is 56.8 Å². The lowest BCUT2D eigenvalue weighted by molar-refractivity contribution is -0.139. The highest BCUT2D eigenvalue weighted by atomic mass is 32.2. The largest absolute Gasteiger partial charge is 0.497 e. The van der Waals surface area contributed by atoms with Crippen LogP contribution in [0.3, 0.4) is 0 Å². The van der Waals surface area contributed by atoms with E-state index in [1.807, 2.05) is 20.8 Å². The van der Waals surface area contributed by atoms with Gasteiger partial charge in [0, 0.05) is 37.7 Å². The first-order valence-electron chi connectivity index (χ1n) is 8.10. The summed E-state index contributed by atoms with van der Waals surface area (Å²) in [5.74, 6) is 0.568. The second kappa shape index (κ2) is 7.11. The topological polar surface area (TPSA) is 66.9 Å². The first kappa shape index (κ1) is 18.7. The third kappa shape index (κ3) is 4.08. The second-order valence-electron chi connectivity index (χ2n) is 6.98. The maximum Gasteiger partial charge on any atom is 0.243 e. The van der Waals surface area contributed by atoms with Crippen LogP contribution in [0.25, 0.3) is 0 Å². The van der Waals surface area contributed by atoms with Crippen molar-refractivity contribution < 1.29 is 17.9 Å². The van der Waals surface area contributed by atoms with Crippen LogP contribution in [0.1, 0.15) is 27.2 Å². The van der Waals surface area contributed by atoms with Gasteiger partial charge in [-0.25, -0.2) is 8.42 Å². The Kier molecular flexibility index (Phi) is 5.55. The highest BCUT2D eigenvalue weighted by molar-refractivity contribution is 7.89. The third-order valence-electron chi connectivity index (χ3n) is 4.06. The number of nitrogens with zero attached hydrogens (tertiary/aromatic N) is 2. The standard InChI is InChI=1S/C17H26N2O4S/c1-17(2,3)16(20)18-9-6-10-19(12-11-18)24(21,22)15-8-5-7-14(13-15)23-4/h5,7-8,13H,6,9-12H2,1-4H3. The second-order valence-corrected chi connectivity index (χ2v) is 8.92. The zero-order valence-electron chi connectivity index (χ0n) is 14.8. The molecule has 0 N–H and O–H groups in total. The molecule has 7 heteroatoms. The van der Waals surface area contributed by atoms with Crippen molar-refractivity contribution in [2.45, 2.75) is 32.1 Å². The van der Waals surface area contributed by atoms with Crippen molar-refractivity contribution in [3.8, 4) is 5.75 Å². The molecule has 0 aliphatic carbocycles. The predicted molar refractivity (Wildman–Crippen MR) is 92.4 cm³/mol. The monoisotopic (exact) mass is 354 g/mol. The smallest absolute Gasteiger partial charge is 0.243 e. The number of carbonyl (C=O) groups excluding carboxylic acids is 1. The van der Waals surface area contributed by atoms with Crippen LogP contribution < -0.4 is 4.74 Å². The van der Waals surface area contributed by atoms with Gasteiger partial charge in [-0.3, -0.25) is 4.79 Å². The van der Waals surface area contributed by atoms with Crippen LogP contribution in [0.15, 0.2) is 29.2 Å². The van der Waals surface area contributed by atoms with E-state index in [0.29, 0.717) is 38.3 Å². The van der Waals surface area contributed by atoms with Gasteiger partial charge < -0.3 is 9.64 Å². The molecule has 1 fully saturated rings. The van der Waals surface area contributed by atoms with Gasteiger partial charge in [0.15, 0.2) is 0 Å². The average molecular weight is 354 g/mol. The van der Waals surface area contributed by atoms with Gasteiger partial charge in [-0.15, -0.1) is 0 Å². The summed E-state index contributed by atoms with van der Waals surface area (Å²) >= 11 is 0. The van der Waals surface area contributed by atoms with E-state index >= 15 is 0 Å². The fourth-order valence-corrected chi connectivity index (χ4v) is 4.23. The molecule has 24 heavy (non-hydrogen) atoms. The zero-order chi connectivity index (χ0) is 18.0. The fourth-order valence-electron chi connectivity index (χ4n) is 2.72. The number of hydrogen-bond acceptors (Lipinski definition) is 4. The first-order chi connectivity index (χ1) is 11.2. The Bertz CT molecular complexity index is 695. The normalized spacial score (nSPS) is 17.4. The van der Waals surface area contributed by atoms with Crippen LogP contribution in [0.2, 0.25) is 0 Å². The molecule has 0 aromatic heterocycles. The molecule has 1 aromatic rings. The Balaban J connectivity index is 2.17. The molecule has 0 bridgehead atoms. The van der Waals surface area contributed by atoms with Crippen molar-refractivity contribution in [3.63, 3.8) is 0 Å². The van der Waals surface area contributed by atoms with Crippen LogP contribution in [0.4, 0.5) is 0 Å². The summed E-state index contributed by atoms with van der Waals surface area (Å²) < 4.78 is 32.3. The minimum Gasteiger partial charge on any atom is -0.497 e. The molecule has 6 nitrogen and oxygen atoms in total. The SMILES string of the molecule is COc1cccc(S(=O)(=O)N2CCCN(C(=O)C(C)(C)C)CC2)c1. The lowest BCUT2D eigenvalue weighted by atomic mass is 9.94. The molecule has 1 aliphatic heterocycles. The maximum absolute atomic E-state index is 12.8. The van der Waals surface area contributed by atoms with Crippen molar-refractivity contribution >= 4 is 15.9 Å². The van der Waals surface area contributed by atoms with Crippen LogP contribution in [0.5, 0.6) is 5.75 Å². The van der Waals surface area contributed by atoms with Gasteiger partial charge >= 0.3 is 0 Å². The summed E-state index contributed by atoms with van der Waals surface area (Å²) in [4.78, 5) is 14.4. The number of ether oxygens (including phenoxy) is 1. The van der Waals surface area contributed by atoms with Gasteiger partial charge in [0.25, 0.3) is 0 Å². The molecule has 1 amide bonds. The summed E-state index contributed by atoms with van der Waals surface area (Å²) in [5, 5.41) is 0. The van der Waals surface area contributed by atoms with E-state index in [-0.39, 0.29) is 10.8 Å². The molecule has 1 aromatic carbocycles. The molecule has 134 valence electrons. The van der Waals surface area contributed by atoms with Crippen molar-refractivity contribution in [3.05, 3.63) is 24.3 Å². The third-order valence-corrected chi connectivity index (χ3v) is 5.96. The fraction of sp³-hybridized carbons (Fsp3) is 0.588. The van der Waals surface area contributed by atoms with E-state index in [1.165, 1.54) is 17.5 Å². The Morgan fingerprint density at radius 1 is 1.12 bits per heavy atom. The molecule has 0 atom stereocenters. The van der Waals surface area contributed by atoms with E-state index < -0.39 is 15.4 Å². The number of rotatable bonds is 3. The van der Waals surface area contributed by atoms with Crippen molar-refractivity contribution in [1.29, 1.82) is 0 Å². The molecule has 1 aliphatic rings. The summed E-state index contributed by atoms with van der Waals surface area (Å²) in [7, 11) is -2.08. The summed E-state index contributed by atoms with van der Waals surface area (Å²) in [6.45, 7) is 7.36. The highest BCUT2D eigenvalue weighted by Gasteiger charge is 2.32. The summed E-state index contributed by atoms with van der Waals surface area (Å²) in [5.41, 5.74) is -0.457. The Labute approximate surface area is 144 Å². The van der Waals surface area contributed by atoms with E-state index in [1.54, 1.807) is 23.1 Å². The van der Waals surface area contributed by atoms with Gasteiger partial charge in [-0.2, -0.15) is 4.31 Å². The van der Waals surface area contributed by atoms with Gasteiger partial charge in [0.1, 0.15) is 5.75 Å². The minimum atomic E-state index is -3.59. The van der Waals surface area contributed by atoms with E-state index in [4.69, 9.17) is 4.74 Å². The molecular weight excluding hydrogens is 328 g/mol. The maximum atomic E-state index is 12.8. The predicted octanol–water partition coefficient (Wildman–Crippen LogP) is 1.96. The van der Waals surface area contributed by atoms with Crippen LogP contribution in [0, 0.1) is 5.41 Å². The molecule has 1 heterocycles. The molecule has 0 saturated carbocycles. The first-order valence-corrected chi connectivity index (χ1v) is 9.54. The molecule has 0 radical (unpaired) electrons. The van der Waals surface area contributed by atoms with Crippen LogP contribution in [-0.2, 0) is 14.8 Å². The quantitative estimate of drug-likeness (QED) is 0.832. The van der Waals surface area contributed by atoms with Crippen molar-refractivity contribution in [1.82, 2.24) is 9.21 Å². The van der Waals surface area contributed by atoms with Crippen molar-refractivity contribution in [2.24, 2.45) is 5.41 Å². The van der Waals surface area contributed by atoms with Gasteiger partial charge in [0.2, 0.25) is 15.9 Å². The average Bonchev–Trinajstić information content (AvgIpc) is 2.79. The summed E-state index contributed by atoms with van der Waals surface area (Å²) in [6.07, 6.45) is 0.630. The lowest BCUT2D eigenvalue weighted by Crippen LogP contribution is -2.42. The number of amides is 1. The minimum absolute atomic E-state index is 0.0585. The highest BCUT2D eigenvalue weighted by Crippen LogP contribution is 2.23. The number of methoxy groups -OCH3 is 1. The van der Waals surface area contributed by atoms with Gasteiger partial charge in [0.05, 0.1) is 12.0 Å². The van der Waals surface area contributed by atoms with Gasteiger partial charge in [-0.05, 0) is 18.6 Å². The van der Waals surface area contributed by atoms with E-state index in [2.05, 4.69) is 0 Å². The number of hydrogen-bond donors (Lipinski definition) is 0. The lowest BCUT2D eigenvalue weighted by Gasteiger charge is -2.28. The van der Waals surface area contributed by atoms with Crippen LogP contribution >= 0.6 is 0 Å². The van der Waals surface area contributed by atoms with E-state index in [0.717, 1.165) is 0 Å². The molecular formula is C17H26N2O4S. The number of benzene rings is 1. The van der Waals surface area contributed by atoms with Crippen molar-refractivity contribution in [2.75, 3.05) is 33.3 Å². The van der Waals surface area contributed by atoms with Gasteiger partial charge in [-0.1, -0.05) is 26.8 Å². The molecule has 1 saturated heterocycles. The number of sulfonamides is 1. The Hall–Kier alpha value is -1.60. The molecule has 2 rings (SSSR count). The Morgan fingerprint density at radius 3 is 2.46 bits per heavy atom. The molecule has 0 spiro atoms. The Morgan fingerprint density at radius 2 is 1.83 bits per heavy atom. The van der Waals surface area contributed by atoms with E-state index in [9.17, 15) is 13.2 Å². The summed E-state index contributed by atoms with van der Waals surface area (Å²) in [6, 6.07) is 6.48. The zero-order valence-corrected chi connectivity index (χ0v) is 15.6. The molecule has 0 unspecified atom stereocenters. The number of carbonyl (C=O) groups is 1.